The van der Waals surface area contributed by atoms with E-state index in [1.165, 1.54) is 57.8 Å². The number of nitrogens with one attached hydrogen (secondary N) is 1. The number of nitrogens with two attached hydrogens (primary N) is 1. The van der Waals surface area contributed by atoms with Crippen LogP contribution in [-0.2, 0) is 0 Å². The van der Waals surface area contributed by atoms with Crippen LogP contribution in [-0.4, -0.2) is 19.1 Å². The highest BCUT2D eigenvalue weighted by atomic mass is 14.9. The van der Waals surface area contributed by atoms with Crippen molar-refractivity contribution >= 4 is 0 Å². The molecule has 0 spiro atoms. The van der Waals surface area contributed by atoms with Gasteiger partial charge in [0.15, 0.2) is 0 Å². The van der Waals surface area contributed by atoms with Crippen molar-refractivity contribution in [3.8, 4) is 0 Å². The van der Waals surface area contributed by atoms with Gasteiger partial charge in [0.1, 0.15) is 0 Å². The zero-order chi connectivity index (χ0) is 13.1. The van der Waals surface area contributed by atoms with E-state index in [0.717, 1.165) is 19.1 Å². The van der Waals surface area contributed by atoms with Gasteiger partial charge in [-0.25, -0.2) is 0 Å². The first-order valence-electron chi connectivity index (χ1n) is 7.99. The normalized spacial score (nSPS) is 31.2. The molecule has 2 aliphatic carbocycles. The average Bonchev–Trinajstić information content (AvgIpc) is 2.56. The molecule has 2 heteroatoms. The van der Waals surface area contributed by atoms with Crippen LogP contribution in [0, 0.1) is 10.8 Å². The highest BCUT2D eigenvalue weighted by Crippen LogP contribution is 2.38. The topological polar surface area (TPSA) is 38.0 Å². The molecule has 0 radical (unpaired) electrons. The summed E-state index contributed by atoms with van der Waals surface area (Å²) in [6.07, 6.45) is 12.3. The second-order valence-electron chi connectivity index (χ2n) is 7.60. The van der Waals surface area contributed by atoms with Gasteiger partial charge in [0, 0.05) is 12.6 Å². The monoisotopic (exact) mass is 252 g/mol. The fourth-order valence-electron chi connectivity index (χ4n) is 3.90. The van der Waals surface area contributed by atoms with Crippen molar-refractivity contribution in [1.82, 2.24) is 5.32 Å². The molecule has 1 atom stereocenters. The lowest BCUT2D eigenvalue weighted by Gasteiger charge is -2.33. The van der Waals surface area contributed by atoms with Crippen LogP contribution >= 0.6 is 0 Å². The van der Waals surface area contributed by atoms with Crippen LogP contribution in [0.25, 0.3) is 0 Å². The van der Waals surface area contributed by atoms with Crippen molar-refractivity contribution in [3.63, 3.8) is 0 Å². The van der Waals surface area contributed by atoms with Gasteiger partial charge in [0.2, 0.25) is 0 Å². The Morgan fingerprint density at radius 2 is 1.72 bits per heavy atom. The maximum atomic E-state index is 6.11. The van der Waals surface area contributed by atoms with Crippen LogP contribution in [0.15, 0.2) is 0 Å². The molecule has 0 aromatic carbocycles. The summed E-state index contributed by atoms with van der Waals surface area (Å²) >= 11 is 0. The summed E-state index contributed by atoms with van der Waals surface area (Å²) in [6.45, 7) is 6.83. The summed E-state index contributed by atoms with van der Waals surface area (Å²) in [5, 5.41) is 3.85. The van der Waals surface area contributed by atoms with Gasteiger partial charge in [0.25, 0.3) is 0 Å². The average molecular weight is 252 g/mol. The van der Waals surface area contributed by atoms with Crippen LogP contribution in [0.1, 0.15) is 71.6 Å². The Labute approximate surface area is 113 Å². The molecule has 0 bridgehead atoms. The molecule has 2 aliphatic rings. The third-order valence-electron chi connectivity index (χ3n) is 5.33. The smallest absolute Gasteiger partial charge is 0.00725 e. The molecule has 2 fully saturated rings. The zero-order valence-corrected chi connectivity index (χ0v) is 12.4. The fraction of sp³-hybridized carbons (Fsp3) is 1.00. The van der Waals surface area contributed by atoms with E-state index in [0.29, 0.717) is 10.8 Å². The minimum absolute atomic E-state index is 0.406. The van der Waals surface area contributed by atoms with E-state index in [4.69, 9.17) is 5.73 Å². The van der Waals surface area contributed by atoms with E-state index in [1.807, 2.05) is 0 Å². The SMILES string of the molecule is CC1(C)CCC(NCC2(CN)CCCCCC2)C1. The van der Waals surface area contributed by atoms with Crippen molar-refractivity contribution < 1.29 is 0 Å². The molecule has 2 rings (SSSR count). The Balaban J connectivity index is 1.83. The Morgan fingerprint density at radius 3 is 2.22 bits per heavy atom. The lowest BCUT2D eigenvalue weighted by Crippen LogP contribution is -2.43. The van der Waals surface area contributed by atoms with Crippen molar-refractivity contribution in [3.05, 3.63) is 0 Å². The first kappa shape index (κ1) is 14.3. The molecule has 2 saturated carbocycles. The molecular weight excluding hydrogens is 220 g/mol. The predicted molar refractivity (Wildman–Crippen MR) is 78.6 cm³/mol. The van der Waals surface area contributed by atoms with Crippen molar-refractivity contribution in [2.24, 2.45) is 16.6 Å². The van der Waals surface area contributed by atoms with Crippen LogP contribution < -0.4 is 11.1 Å². The molecule has 3 N–H and O–H groups in total. The van der Waals surface area contributed by atoms with Crippen molar-refractivity contribution in [2.75, 3.05) is 13.1 Å². The molecule has 106 valence electrons. The quantitative estimate of drug-likeness (QED) is 0.752. The van der Waals surface area contributed by atoms with Crippen LogP contribution in [0.2, 0.25) is 0 Å². The molecule has 0 aliphatic heterocycles. The second kappa shape index (κ2) is 5.92. The van der Waals surface area contributed by atoms with Crippen LogP contribution in [0.3, 0.4) is 0 Å². The van der Waals surface area contributed by atoms with E-state index in [9.17, 15) is 0 Å². The highest BCUT2D eigenvalue weighted by Gasteiger charge is 2.34. The largest absolute Gasteiger partial charge is 0.330 e. The third-order valence-corrected chi connectivity index (χ3v) is 5.33. The number of hydrogen-bond acceptors (Lipinski definition) is 2. The summed E-state index contributed by atoms with van der Waals surface area (Å²) in [7, 11) is 0. The summed E-state index contributed by atoms with van der Waals surface area (Å²) in [5.74, 6) is 0. The van der Waals surface area contributed by atoms with Crippen molar-refractivity contribution in [1.29, 1.82) is 0 Å². The van der Waals surface area contributed by atoms with Gasteiger partial charge in [-0.15, -0.1) is 0 Å². The maximum absolute atomic E-state index is 6.11. The minimum atomic E-state index is 0.406. The molecule has 2 nitrogen and oxygen atoms in total. The standard InChI is InChI=1S/C16H32N2/c1-15(2)10-7-14(11-15)18-13-16(12-17)8-5-3-4-6-9-16/h14,18H,3-13,17H2,1-2H3. The lowest BCUT2D eigenvalue weighted by molar-refractivity contribution is 0.229. The lowest BCUT2D eigenvalue weighted by atomic mass is 9.80. The summed E-state index contributed by atoms with van der Waals surface area (Å²) in [5.41, 5.74) is 7.06. The zero-order valence-electron chi connectivity index (χ0n) is 12.4. The van der Waals surface area contributed by atoms with Gasteiger partial charge >= 0.3 is 0 Å². The first-order chi connectivity index (χ1) is 8.55. The Morgan fingerprint density at radius 1 is 1.06 bits per heavy atom. The molecule has 0 amide bonds. The van der Waals surface area contributed by atoms with Gasteiger partial charge in [0.05, 0.1) is 0 Å². The van der Waals surface area contributed by atoms with Gasteiger partial charge < -0.3 is 11.1 Å². The fourth-order valence-corrected chi connectivity index (χ4v) is 3.90. The van der Waals surface area contributed by atoms with Gasteiger partial charge in [-0.2, -0.15) is 0 Å². The first-order valence-corrected chi connectivity index (χ1v) is 7.99. The molecular formula is C16H32N2. The van der Waals surface area contributed by atoms with E-state index in [2.05, 4.69) is 19.2 Å². The van der Waals surface area contributed by atoms with Gasteiger partial charge in [-0.05, 0) is 49.5 Å². The van der Waals surface area contributed by atoms with E-state index in [-0.39, 0.29) is 0 Å². The second-order valence-corrected chi connectivity index (χ2v) is 7.60. The molecule has 0 saturated heterocycles. The summed E-state index contributed by atoms with van der Waals surface area (Å²) < 4.78 is 0. The van der Waals surface area contributed by atoms with Crippen molar-refractivity contribution in [2.45, 2.75) is 77.7 Å². The van der Waals surface area contributed by atoms with Gasteiger partial charge in [-0.3, -0.25) is 0 Å². The van der Waals surface area contributed by atoms with Crippen LogP contribution in [0.5, 0.6) is 0 Å². The van der Waals surface area contributed by atoms with E-state index < -0.39 is 0 Å². The van der Waals surface area contributed by atoms with E-state index >= 15 is 0 Å². The maximum Gasteiger partial charge on any atom is 0.00725 e. The Bertz CT molecular complexity index is 252. The molecule has 18 heavy (non-hydrogen) atoms. The number of hydrogen-bond donors (Lipinski definition) is 2. The molecule has 0 aromatic heterocycles. The third kappa shape index (κ3) is 3.71. The number of rotatable bonds is 4. The summed E-state index contributed by atoms with van der Waals surface area (Å²) in [4.78, 5) is 0. The van der Waals surface area contributed by atoms with Gasteiger partial charge in [-0.1, -0.05) is 39.5 Å². The Kier molecular flexibility index (Phi) is 4.71. The van der Waals surface area contributed by atoms with Crippen LogP contribution in [0.4, 0.5) is 0 Å². The molecule has 0 aromatic rings. The minimum Gasteiger partial charge on any atom is -0.330 e. The predicted octanol–water partition coefficient (Wildman–Crippen LogP) is 3.45. The molecule has 0 heterocycles. The van der Waals surface area contributed by atoms with E-state index in [1.54, 1.807) is 0 Å². The highest BCUT2D eigenvalue weighted by molar-refractivity contribution is 4.90. The Hall–Kier alpha value is -0.0800. The molecule has 1 unspecified atom stereocenters. The summed E-state index contributed by atoms with van der Waals surface area (Å²) in [6, 6.07) is 0.742.